The van der Waals surface area contributed by atoms with E-state index in [0.717, 1.165) is 5.56 Å². The molecule has 0 bridgehead atoms. The van der Waals surface area contributed by atoms with Crippen molar-refractivity contribution < 1.29 is 20.2 Å². The average Bonchev–Trinajstić information content (AvgIpc) is 2.20. The third kappa shape index (κ3) is 4.94. The van der Waals surface area contributed by atoms with Gasteiger partial charge in [0.2, 0.25) is 0 Å². The summed E-state index contributed by atoms with van der Waals surface area (Å²) < 4.78 is 0. The summed E-state index contributed by atoms with van der Waals surface area (Å²) in [5.41, 5.74) is 0.866. The third-order valence-corrected chi connectivity index (χ3v) is 1.44. The summed E-state index contributed by atoms with van der Waals surface area (Å²) in [6, 6.07) is 7.22. The first-order valence-corrected chi connectivity index (χ1v) is 5.32. The normalized spacial score (nSPS) is 9.46. The van der Waals surface area contributed by atoms with Crippen molar-refractivity contribution in [2.45, 2.75) is 13.5 Å². The molecule has 13 heavy (non-hydrogen) atoms. The Kier molecular flexibility index (Phi) is 7.80. The van der Waals surface area contributed by atoms with Gasteiger partial charge in [0.15, 0.2) is 0 Å². The molecular formula is C9H11ClMnNO. The molecule has 0 spiro atoms. The molecule has 0 fully saturated rings. The standard InChI is InChI=1S/C9H11NO.ClH.Mn/c1-2-10-7-8-5-3-4-6-9(8)11;;/h2-6,11H,7H2,1H3;1H;/q;;+1/p-1/b10-2+;;. The Labute approximate surface area is 90.7 Å². The van der Waals surface area contributed by atoms with E-state index in [1.807, 2.05) is 19.1 Å². The van der Waals surface area contributed by atoms with Gasteiger partial charge in [0.25, 0.3) is 0 Å². The van der Waals surface area contributed by atoms with E-state index in [0.29, 0.717) is 12.3 Å². The van der Waals surface area contributed by atoms with Crippen LogP contribution in [0, 0.1) is 0 Å². The first-order valence-electron chi connectivity index (χ1n) is 3.70. The van der Waals surface area contributed by atoms with Crippen molar-refractivity contribution in [3.8, 4) is 5.75 Å². The predicted octanol–water partition coefficient (Wildman–Crippen LogP) is 2.67. The fourth-order valence-electron chi connectivity index (χ4n) is 0.834. The van der Waals surface area contributed by atoms with Crippen molar-refractivity contribution in [1.82, 2.24) is 0 Å². The average molecular weight is 240 g/mol. The minimum absolute atomic E-state index is 0.318. The van der Waals surface area contributed by atoms with Crippen LogP contribution < -0.4 is 0 Å². The molecule has 0 aliphatic rings. The van der Waals surface area contributed by atoms with Gasteiger partial charge in [-0.3, -0.25) is 4.99 Å². The Balaban J connectivity index is 0.000000671. The second-order valence-electron chi connectivity index (χ2n) is 2.23. The van der Waals surface area contributed by atoms with E-state index in [-0.39, 0.29) is 0 Å². The third-order valence-electron chi connectivity index (χ3n) is 1.44. The maximum atomic E-state index is 9.26. The first-order chi connectivity index (χ1) is 6.34. The number of rotatable bonds is 2. The number of nitrogens with zero attached hydrogens (tertiary/aromatic N) is 1. The zero-order chi connectivity index (χ0) is 10.1. The molecule has 1 aromatic carbocycles. The SMILES string of the molecule is C/C=N/Cc1ccccc1O.[Cl][Mn]. The van der Waals surface area contributed by atoms with Gasteiger partial charge >= 0.3 is 25.2 Å². The van der Waals surface area contributed by atoms with Gasteiger partial charge in [0, 0.05) is 5.56 Å². The molecule has 0 radical (unpaired) electrons. The van der Waals surface area contributed by atoms with Crippen molar-refractivity contribution in [2.75, 3.05) is 0 Å². The molecule has 4 heteroatoms. The van der Waals surface area contributed by atoms with E-state index >= 15 is 0 Å². The topological polar surface area (TPSA) is 32.6 Å². The van der Waals surface area contributed by atoms with Crippen molar-refractivity contribution in [3.63, 3.8) is 0 Å². The van der Waals surface area contributed by atoms with E-state index in [1.54, 1.807) is 18.3 Å². The van der Waals surface area contributed by atoms with Crippen LogP contribution in [0.4, 0.5) is 0 Å². The second kappa shape index (κ2) is 8.11. The Morgan fingerprint density at radius 1 is 1.46 bits per heavy atom. The zero-order valence-corrected chi connectivity index (χ0v) is 9.18. The molecule has 72 valence electrons. The van der Waals surface area contributed by atoms with Crippen molar-refractivity contribution >= 4 is 16.3 Å². The second-order valence-corrected chi connectivity index (χ2v) is 2.23. The first kappa shape index (κ1) is 12.5. The number of phenolic OH excluding ortho intramolecular Hbond substituents is 1. The fraction of sp³-hybridized carbons (Fsp3) is 0.222. The van der Waals surface area contributed by atoms with E-state index in [4.69, 9.17) is 0 Å². The number of aliphatic imine (C=N–C) groups is 1. The molecule has 0 aromatic heterocycles. The number of benzene rings is 1. The summed E-state index contributed by atoms with van der Waals surface area (Å²) in [7, 11) is 4.45. The summed E-state index contributed by atoms with van der Waals surface area (Å²) in [6.45, 7) is 2.42. The van der Waals surface area contributed by atoms with Crippen LogP contribution in [0.5, 0.6) is 5.75 Å². The fourth-order valence-corrected chi connectivity index (χ4v) is 0.834. The van der Waals surface area contributed by atoms with Crippen molar-refractivity contribution in [2.24, 2.45) is 4.99 Å². The summed E-state index contributed by atoms with van der Waals surface area (Å²) in [5, 5.41) is 9.26. The van der Waals surface area contributed by atoms with Gasteiger partial charge in [0.05, 0.1) is 6.54 Å². The van der Waals surface area contributed by atoms with Gasteiger partial charge in [-0.25, -0.2) is 0 Å². The quantitative estimate of drug-likeness (QED) is 0.625. The summed E-state index contributed by atoms with van der Waals surface area (Å²) in [4.78, 5) is 4.02. The molecular weight excluding hydrogens is 228 g/mol. The van der Waals surface area contributed by atoms with E-state index in [2.05, 4.69) is 30.2 Å². The molecule has 1 rings (SSSR count). The Morgan fingerprint density at radius 2 is 2.08 bits per heavy atom. The maximum absolute atomic E-state index is 9.26. The van der Waals surface area contributed by atoms with Gasteiger partial charge in [-0.15, -0.1) is 0 Å². The van der Waals surface area contributed by atoms with Gasteiger partial charge in [-0.2, -0.15) is 0 Å². The van der Waals surface area contributed by atoms with Crippen LogP contribution in [0.2, 0.25) is 0 Å². The number of aromatic hydroxyl groups is 1. The van der Waals surface area contributed by atoms with E-state index < -0.39 is 0 Å². The molecule has 0 aliphatic heterocycles. The Morgan fingerprint density at radius 3 is 2.62 bits per heavy atom. The van der Waals surface area contributed by atoms with Crippen molar-refractivity contribution in [3.05, 3.63) is 29.8 Å². The molecule has 0 aliphatic carbocycles. The van der Waals surface area contributed by atoms with Crippen LogP contribution in [0.15, 0.2) is 29.3 Å². The Hall–Kier alpha value is -0.501. The van der Waals surface area contributed by atoms with Gasteiger partial charge in [0.1, 0.15) is 5.75 Å². The molecule has 0 amide bonds. The van der Waals surface area contributed by atoms with Crippen molar-refractivity contribution in [1.29, 1.82) is 0 Å². The van der Waals surface area contributed by atoms with E-state index in [9.17, 15) is 5.11 Å². The van der Waals surface area contributed by atoms with Crippen LogP contribution in [0.1, 0.15) is 12.5 Å². The van der Waals surface area contributed by atoms with Crippen LogP contribution in [-0.4, -0.2) is 11.3 Å². The van der Waals surface area contributed by atoms with Gasteiger partial charge in [-0.1, -0.05) is 18.2 Å². The monoisotopic (exact) mass is 239 g/mol. The molecule has 0 heterocycles. The van der Waals surface area contributed by atoms with Gasteiger partial charge < -0.3 is 5.11 Å². The zero-order valence-electron chi connectivity index (χ0n) is 7.24. The molecule has 2 nitrogen and oxygen atoms in total. The van der Waals surface area contributed by atoms with Gasteiger partial charge in [-0.05, 0) is 19.2 Å². The summed E-state index contributed by atoms with van der Waals surface area (Å²) in [6.07, 6.45) is 1.73. The van der Waals surface area contributed by atoms with E-state index in [1.165, 1.54) is 0 Å². The van der Waals surface area contributed by atoms with Crippen LogP contribution in [0.3, 0.4) is 0 Å². The molecule has 0 saturated carbocycles. The Bertz CT molecular complexity index is 266. The molecule has 1 aromatic rings. The minimum atomic E-state index is 0.318. The molecule has 0 atom stereocenters. The number of para-hydroxylation sites is 1. The van der Waals surface area contributed by atoms with Crippen LogP contribution >= 0.6 is 10.1 Å². The number of phenols is 1. The molecule has 0 unspecified atom stereocenters. The number of halogens is 1. The van der Waals surface area contributed by atoms with Crippen LogP contribution in [-0.2, 0) is 21.6 Å². The predicted molar refractivity (Wildman–Crippen MR) is 51.8 cm³/mol. The number of hydrogen-bond acceptors (Lipinski definition) is 2. The summed E-state index contributed by atoms with van der Waals surface area (Å²) >= 11 is 2.41. The summed E-state index contributed by atoms with van der Waals surface area (Å²) in [5.74, 6) is 0.318. The molecule has 0 saturated heterocycles. The molecule has 1 N–H and O–H groups in total. The number of hydrogen-bond donors (Lipinski definition) is 1. The van der Waals surface area contributed by atoms with Crippen LogP contribution in [0.25, 0.3) is 0 Å².